The molecule has 252 valence electrons. The van der Waals surface area contributed by atoms with Crippen molar-refractivity contribution in [2.24, 2.45) is 0 Å². The number of benzene rings is 4. The lowest BCUT2D eigenvalue weighted by molar-refractivity contribution is 0.0876. The number of fused-ring (bicyclic) bond motifs is 1. The number of hydrogen-bond acceptors (Lipinski definition) is 7. The highest BCUT2D eigenvalue weighted by atomic mass is 35.5. The first-order chi connectivity index (χ1) is 24.8. The molecular weight excluding hydrogens is 666 g/mol. The van der Waals surface area contributed by atoms with Crippen molar-refractivity contribution in [1.29, 1.82) is 0 Å². The molecule has 0 spiro atoms. The minimum Gasteiger partial charge on any atom is -0.351 e. The zero-order valence-corrected chi connectivity index (χ0v) is 27.8. The first-order valence-corrected chi connectivity index (χ1v) is 16.6. The van der Waals surface area contributed by atoms with Gasteiger partial charge in [-0.1, -0.05) is 89.6 Å². The maximum Gasteiger partial charge on any atom is 0.269 e. The zero-order valence-electron chi connectivity index (χ0n) is 27.0. The second-order valence-electron chi connectivity index (χ2n) is 11.9. The van der Waals surface area contributed by atoms with E-state index in [2.05, 4.69) is 37.3 Å². The van der Waals surface area contributed by atoms with E-state index in [0.717, 1.165) is 22.3 Å². The van der Waals surface area contributed by atoms with Crippen LogP contribution in [0.5, 0.6) is 0 Å². The van der Waals surface area contributed by atoms with Crippen molar-refractivity contribution < 1.29 is 19.2 Å². The van der Waals surface area contributed by atoms with E-state index in [0.29, 0.717) is 41.4 Å². The summed E-state index contributed by atoms with van der Waals surface area (Å²) in [6, 6.07) is 32.8. The molecule has 1 unspecified atom stereocenters. The van der Waals surface area contributed by atoms with Crippen LogP contribution in [0.25, 0.3) is 22.4 Å². The number of aryl methyl sites for hydroxylation is 1. The van der Waals surface area contributed by atoms with Crippen molar-refractivity contribution in [2.45, 2.75) is 19.0 Å². The summed E-state index contributed by atoms with van der Waals surface area (Å²) in [5.41, 5.74) is 5.75. The molecule has 4 aromatic carbocycles. The molecule has 0 bridgehead atoms. The summed E-state index contributed by atoms with van der Waals surface area (Å²) in [6.45, 7) is 0.737. The average Bonchev–Trinajstić information content (AvgIpc) is 3.76. The minimum absolute atomic E-state index is 0.102. The molecule has 0 aliphatic carbocycles. The number of pyridine rings is 1. The van der Waals surface area contributed by atoms with Crippen LogP contribution in [-0.4, -0.2) is 50.2 Å². The third kappa shape index (κ3) is 7.29. The first kappa shape index (κ1) is 33.1. The van der Waals surface area contributed by atoms with Crippen molar-refractivity contribution in [1.82, 2.24) is 35.9 Å². The molecule has 1 aliphatic heterocycles. The van der Waals surface area contributed by atoms with E-state index in [1.807, 2.05) is 60.7 Å². The molecule has 0 radical (unpaired) electrons. The van der Waals surface area contributed by atoms with Crippen molar-refractivity contribution in [3.8, 4) is 22.4 Å². The summed E-state index contributed by atoms with van der Waals surface area (Å²) in [6.07, 6.45) is 3.64. The Balaban J connectivity index is 0.996. The molecule has 6 aromatic rings. The summed E-state index contributed by atoms with van der Waals surface area (Å²) >= 11 is 6.18. The molecule has 0 saturated carbocycles. The summed E-state index contributed by atoms with van der Waals surface area (Å²) < 4.78 is 1.60. The largest absolute Gasteiger partial charge is 0.351 e. The molecular formula is C39H30ClN7O4. The SMILES string of the molecule is O=C(NC(c1ccc(Cl)cc1)c1cccc(-c2ccccc2)c1)c1ccnc(C(=O)NCCCn2cc(-c3cccc4c3C(=O)NC4=O)nn2)c1. The van der Waals surface area contributed by atoms with Gasteiger partial charge in [0, 0.05) is 35.4 Å². The molecule has 12 heteroatoms. The van der Waals surface area contributed by atoms with Gasteiger partial charge >= 0.3 is 0 Å². The predicted molar refractivity (Wildman–Crippen MR) is 191 cm³/mol. The zero-order chi connectivity index (χ0) is 35.3. The molecule has 0 saturated heterocycles. The highest BCUT2D eigenvalue weighted by molar-refractivity contribution is 6.30. The van der Waals surface area contributed by atoms with Crippen LogP contribution < -0.4 is 16.0 Å². The molecule has 3 N–H and O–H groups in total. The lowest BCUT2D eigenvalue weighted by Gasteiger charge is -2.21. The Morgan fingerprint density at radius 3 is 2.37 bits per heavy atom. The second kappa shape index (κ2) is 14.6. The number of halogens is 1. The first-order valence-electron chi connectivity index (χ1n) is 16.2. The monoisotopic (exact) mass is 695 g/mol. The molecule has 0 fully saturated rings. The van der Waals surface area contributed by atoms with Crippen molar-refractivity contribution >= 4 is 35.2 Å². The highest BCUT2D eigenvalue weighted by Gasteiger charge is 2.30. The number of rotatable bonds is 11. The van der Waals surface area contributed by atoms with Gasteiger partial charge in [-0.25, -0.2) is 0 Å². The Kier molecular flexibility index (Phi) is 9.44. The van der Waals surface area contributed by atoms with Gasteiger partial charge in [-0.15, -0.1) is 5.10 Å². The predicted octanol–water partition coefficient (Wildman–Crippen LogP) is 5.88. The van der Waals surface area contributed by atoms with Gasteiger partial charge in [0.1, 0.15) is 11.4 Å². The number of nitrogens with one attached hydrogen (secondary N) is 3. The number of nitrogens with zero attached hydrogens (tertiary/aromatic N) is 4. The molecule has 4 amide bonds. The number of hydrogen-bond donors (Lipinski definition) is 3. The number of amides is 4. The molecule has 11 nitrogen and oxygen atoms in total. The van der Waals surface area contributed by atoms with Gasteiger partial charge in [0.2, 0.25) is 0 Å². The van der Waals surface area contributed by atoms with Crippen LogP contribution in [-0.2, 0) is 6.54 Å². The molecule has 3 heterocycles. The summed E-state index contributed by atoms with van der Waals surface area (Å²) in [5, 5.41) is 17.2. The molecule has 7 rings (SSSR count). The number of aromatic nitrogens is 4. The lowest BCUT2D eigenvalue weighted by atomic mass is 9.94. The van der Waals surface area contributed by atoms with E-state index < -0.39 is 23.8 Å². The Morgan fingerprint density at radius 2 is 1.55 bits per heavy atom. The van der Waals surface area contributed by atoms with Gasteiger partial charge in [0.25, 0.3) is 23.6 Å². The van der Waals surface area contributed by atoms with Crippen LogP contribution in [0.15, 0.2) is 122 Å². The number of carbonyl (C=O) groups excluding carboxylic acids is 4. The maximum absolute atomic E-state index is 13.7. The fourth-order valence-electron chi connectivity index (χ4n) is 5.95. The standard InChI is InChI=1S/C39H30ClN7O4/c40-29-15-13-25(14-16-29)35(27-10-4-9-26(21-27)24-7-2-1-3-8-24)43-36(48)28-17-19-41-32(22-28)38(50)42-18-6-20-47-23-33(45-46-47)30-11-5-12-31-34(30)39(51)44-37(31)49/h1-5,7-17,19,21-23,35H,6,18,20H2,(H,42,50)(H,43,48)(H,44,49,51). The average molecular weight is 696 g/mol. The highest BCUT2D eigenvalue weighted by Crippen LogP contribution is 2.29. The van der Waals surface area contributed by atoms with Gasteiger partial charge in [0.15, 0.2) is 0 Å². The third-order valence-corrected chi connectivity index (χ3v) is 8.74. The van der Waals surface area contributed by atoms with Crippen molar-refractivity contribution in [3.63, 3.8) is 0 Å². The van der Waals surface area contributed by atoms with Crippen molar-refractivity contribution in [2.75, 3.05) is 6.54 Å². The van der Waals surface area contributed by atoms with Gasteiger partial charge in [-0.3, -0.25) is 34.2 Å². The lowest BCUT2D eigenvalue weighted by Crippen LogP contribution is -2.30. The van der Waals surface area contributed by atoms with E-state index in [9.17, 15) is 19.2 Å². The summed E-state index contributed by atoms with van der Waals surface area (Å²) in [4.78, 5) is 55.2. The van der Waals surface area contributed by atoms with Crippen LogP contribution in [0, 0.1) is 0 Å². The third-order valence-electron chi connectivity index (χ3n) is 8.49. The smallest absolute Gasteiger partial charge is 0.269 e. The van der Waals surface area contributed by atoms with Gasteiger partial charge in [-0.05, 0) is 65.1 Å². The van der Waals surface area contributed by atoms with Gasteiger partial charge in [0.05, 0.1) is 23.4 Å². The number of carbonyl (C=O) groups is 4. The van der Waals surface area contributed by atoms with E-state index in [-0.39, 0.29) is 22.7 Å². The van der Waals surface area contributed by atoms with Crippen LogP contribution in [0.3, 0.4) is 0 Å². The molecule has 1 aliphatic rings. The van der Waals surface area contributed by atoms with Crippen LogP contribution in [0.1, 0.15) is 65.2 Å². The molecule has 51 heavy (non-hydrogen) atoms. The quantitative estimate of drug-likeness (QED) is 0.113. The van der Waals surface area contributed by atoms with Gasteiger partial charge in [-0.2, -0.15) is 0 Å². The second-order valence-corrected chi connectivity index (χ2v) is 12.3. The topological polar surface area (TPSA) is 148 Å². The summed E-state index contributed by atoms with van der Waals surface area (Å²) in [7, 11) is 0. The van der Waals surface area contributed by atoms with Crippen LogP contribution in [0.2, 0.25) is 5.02 Å². The van der Waals surface area contributed by atoms with E-state index >= 15 is 0 Å². The maximum atomic E-state index is 13.7. The Bertz CT molecular complexity index is 2270. The Hall–Kier alpha value is -6.46. The summed E-state index contributed by atoms with van der Waals surface area (Å²) in [5.74, 6) is -1.70. The molecule has 1 atom stereocenters. The Labute approximate surface area is 297 Å². The van der Waals surface area contributed by atoms with Gasteiger partial charge < -0.3 is 10.6 Å². The van der Waals surface area contributed by atoms with Crippen LogP contribution in [0.4, 0.5) is 0 Å². The minimum atomic E-state index is -0.497. The van der Waals surface area contributed by atoms with Crippen molar-refractivity contribution in [3.05, 3.63) is 160 Å². The van der Waals surface area contributed by atoms with Crippen LogP contribution >= 0.6 is 11.6 Å². The fraction of sp³-hybridized carbons (Fsp3) is 0.103. The number of imide groups is 1. The normalized spacial score (nSPS) is 12.6. The molecule has 2 aromatic heterocycles. The van der Waals surface area contributed by atoms with E-state index in [4.69, 9.17) is 11.6 Å². The Morgan fingerprint density at radius 1 is 0.784 bits per heavy atom. The van der Waals surface area contributed by atoms with E-state index in [1.165, 1.54) is 12.3 Å². The van der Waals surface area contributed by atoms with E-state index in [1.54, 1.807) is 47.3 Å². The fourth-order valence-corrected chi connectivity index (χ4v) is 6.08.